The van der Waals surface area contributed by atoms with E-state index in [1.165, 1.54) is 5.56 Å². The van der Waals surface area contributed by atoms with E-state index < -0.39 is 0 Å². The largest absolute Gasteiger partial charge is 0.382 e. The smallest absolute Gasteiger partial charge is 0.154 e. The van der Waals surface area contributed by atoms with Crippen LogP contribution in [0.25, 0.3) is 11.3 Å². The summed E-state index contributed by atoms with van der Waals surface area (Å²) < 4.78 is 0. The Bertz CT molecular complexity index is 535. The second-order valence-electron chi connectivity index (χ2n) is 3.91. The lowest BCUT2D eigenvalue weighted by atomic mass is 10.0. The molecule has 0 atom stereocenters. The highest BCUT2D eigenvalue weighted by molar-refractivity contribution is 5.72. The lowest BCUT2D eigenvalue weighted by molar-refractivity contribution is 0.919. The predicted molar refractivity (Wildman–Crippen MR) is 63.9 cm³/mol. The van der Waals surface area contributed by atoms with Crippen LogP contribution in [0, 0.1) is 20.8 Å². The fourth-order valence-electron chi connectivity index (χ4n) is 1.61. The van der Waals surface area contributed by atoms with Gasteiger partial charge in [0.1, 0.15) is 11.5 Å². The van der Waals surface area contributed by atoms with Crippen LogP contribution in [0.15, 0.2) is 18.2 Å². The van der Waals surface area contributed by atoms with Crippen molar-refractivity contribution in [2.24, 2.45) is 0 Å². The van der Waals surface area contributed by atoms with E-state index in [0.29, 0.717) is 17.3 Å². The van der Waals surface area contributed by atoms with E-state index in [4.69, 9.17) is 5.73 Å². The van der Waals surface area contributed by atoms with Gasteiger partial charge in [-0.25, -0.2) is 4.98 Å². The third kappa shape index (κ3) is 1.86. The van der Waals surface area contributed by atoms with E-state index in [1.54, 1.807) is 6.92 Å². The lowest BCUT2D eigenvalue weighted by Crippen LogP contribution is -2.03. The second kappa shape index (κ2) is 3.89. The Labute approximate surface area is 94.6 Å². The molecule has 0 saturated carbocycles. The summed E-state index contributed by atoms with van der Waals surface area (Å²) >= 11 is 0. The third-order valence-electron chi connectivity index (χ3n) is 2.47. The molecule has 0 bridgehead atoms. The Morgan fingerprint density at radius 2 is 1.81 bits per heavy atom. The van der Waals surface area contributed by atoms with Crippen molar-refractivity contribution in [2.45, 2.75) is 20.8 Å². The molecule has 4 heteroatoms. The monoisotopic (exact) mass is 214 g/mol. The Hall–Kier alpha value is -1.97. The number of aryl methyl sites for hydroxylation is 3. The molecule has 2 aromatic rings. The van der Waals surface area contributed by atoms with Crippen LogP contribution in [0.5, 0.6) is 0 Å². The summed E-state index contributed by atoms with van der Waals surface area (Å²) in [6.07, 6.45) is 0. The van der Waals surface area contributed by atoms with Crippen LogP contribution >= 0.6 is 0 Å². The zero-order chi connectivity index (χ0) is 11.7. The first-order valence-electron chi connectivity index (χ1n) is 5.12. The van der Waals surface area contributed by atoms with E-state index >= 15 is 0 Å². The summed E-state index contributed by atoms with van der Waals surface area (Å²) in [6.45, 7) is 5.83. The highest BCUT2D eigenvalue weighted by Gasteiger charge is 2.09. The minimum atomic E-state index is 0.432. The van der Waals surface area contributed by atoms with Crippen molar-refractivity contribution >= 4 is 5.82 Å². The summed E-state index contributed by atoms with van der Waals surface area (Å²) in [5.41, 5.74) is 9.81. The quantitative estimate of drug-likeness (QED) is 0.789. The first-order valence-corrected chi connectivity index (χ1v) is 5.12. The molecule has 0 radical (unpaired) electrons. The van der Waals surface area contributed by atoms with E-state index in [0.717, 1.165) is 11.1 Å². The van der Waals surface area contributed by atoms with E-state index in [9.17, 15) is 0 Å². The fraction of sp³-hybridized carbons (Fsp3) is 0.250. The molecule has 0 aliphatic heterocycles. The number of nitrogen functional groups attached to an aromatic ring is 1. The Morgan fingerprint density at radius 1 is 1.06 bits per heavy atom. The SMILES string of the molecule is Cc1ccc(C)c(-c2nnc(C)nc2N)c1. The minimum Gasteiger partial charge on any atom is -0.382 e. The highest BCUT2D eigenvalue weighted by Crippen LogP contribution is 2.25. The molecule has 0 unspecified atom stereocenters. The van der Waals surface area contributed by atoms with Gasteiger partial charge < -0.3 is 5.73 Å². The first kappa shape index (κ1) is 10.5. The molecular formula is C12H14N4. The van der Waals surface area contributed by atoms with Gasteiger partial charge in [-0.3, -0.25) is 0 Å². The molecule has 1 heterocycles. The van der Waals surface area contributed by atoms with Gasteiger partial charge in [0, 0.05) is 5.56 Å². The maximum atomic E-state index is 5.86. The van der Waals surface area contributed by atoms with Gasteiger partial charge in [0.05, 0.1) is 0 Å². The third-order valence-corrected chi connectivity index (χ3v) is 2.47. The van der Waals surface area contributed by atoms with Gasteiger partial charge in [0.25, 0.3) is 0 Å². The van der Waals surface area contributed by atoms with Crippen molar-refractivity contribution in [1.29, 1.82) is 0 Å². The minimum absolute atomic E-state index is 0.432. The maximum Gasteiger partial charge on any atom is 0.154 e. The van der Waals surface area contributed by atoms with Crippen LogP contribution in [0.4, 0.5) is 5.82 Å². The number of anilines is 1. The highest BCUT2D eigenvalue weighted by atomic mass is 15.2. The molecule has 0 aliphatic carbocycles. The van der Waals surface area contributed by atoms with Gasteiger partial charge in [0.2, 0.25) is 0 Å². The van der Waals surface area contributed by atoms with E-state index in [2.05, 4.69) is 21.2 Å². The Balaban J connectivity index is 2.62. The van der Waals surface area contributed by atoms with Gasteiger partial charge in [-0.2, -0.15) is 0 Å². The van der Waals surface area contributed by atoms with Crippen molar-refractivity contribution in [3.05, 3.63) is 35.2 Å². The molecule has 16 heavy (non-hydrogen) atoms. The lowest BCUT2D eigenvalue weighted by Gasteiger charge is -2.07. The van der Waals surface area contributed by atoms with Crippen LogP contribution in [-0.4, -0.2) is 15.2 Å². The van der Waals surface area contributed by atoms with Crippen LogP contribution in [0.1, 0.15) is 17.0 Å². The zero-order valence-electron chi connectivity index (χ0n) is 9.65. The first-order chi connectivity index (χ1) is 7.58. The number of nitrogens with two attached hydrogens (primary N) is 1. The molecule has 0 fully saturated rings. The number of rotatable bonds is 1. The van der Waals surface area contributed by atoms with Crippen molar-refractivity contribution in [1.82, 2.24) is 15.2 Å². The Morgan fingerprint density at radius 3 is 2.50 bits per heavy atom. The van der Waals surface area contributed by atoms with Crippen molar-refractivity contribution in [2.75, 3.05) is 5.73 Å². The molecular weight excluding hydrogens is 200 g/mol. The summed E-state index contributed by atoms with van der Waals surface area (Å²) in [5, 5.41) is 8.06. The maximum absolute atomic E-state index is 5.86. The number of hydrogen-bond donors (Lipinski definition) is 1. The van der Waals surface area contributed by atoms with Crippen LogP contribution in [0.2, 0.25) is 0 Å². The van der Waals surface area contributed by atoms with Crippen molar-refractivity contribution < 1.29 is 0 Å². The number of hydrogen-bond acceptors (Lipinski definition) is 4. The molecule has 82 valence electrons. The molecule has 0 aliphatic rings. The molecule has 4 nitrogen and oxygen atoms in total. The molecule has 1 aromatic carbocycles. The van der Waals surface area contributed by atoms with Gasteiger partial charge in [-0.15, -0.1) is 10.2 Å². The molecule has 1 aromatic heterocycles. The molecule has 0 spiro atoms. The van der Waals surface area contributed by atoms with E-state index in [-0.39, 0.29) is 0 Å². The number of aromatic nitrogens is 3. The molecule has 0 amide bonds. The average Bonchev–Trinajstić information content (AvgIpc) is 2.22. The summed E-state index contributed by atoms with van der Waals surface area (Å²) in [7, 11) is 0. The van der Waals surface area contributed by atoms with Gasteiger partial charge in [0.15, 0.2) is 5.82 Å². The molecule has 2 rings (SSSR count). The molecule has 2 N–H and O–H groups in total. The van der Waals surface area contributed by atoms with Crippen LogP contribution in [-0.2, 0) is 0 Å². The Kier molecular flexibility index (Phi) is 2.56. The van der Waals surface area contributed by atoms with Crippen LogP contribution < -0.4 is 5.73 Å². The summed E-state index contributed by atoms with van der Waals surface area (Å²) in [6, 6.07) is 6.16. The average molecular weight is 214 g/mol. The van der Waals surface area contributed by atoms with Crippen molar-refractivity contribution in [3.63, 3.8) is 0 Å². The van der Waals surface area contributed by atoms with Gasteiger partial charge in [-0.05, 0) is 32.4 Å². The van der Waals surface area contributed by atoms with Gasteiger partial charge >= 0.3 is 0 Å². The summed E-state index contributed by atoms with van der Waals surface area (Å²) in [4.78, 5) is 4.12. The number of nitrogens with zero attached hydrogens (tertiary/aromatic N) is 3. The second-order valence-corrected chi connectivity index (χ2v) is 3.91. The topological polar surface area (TPSA) is 64.7 Å². The number of benzene rings is 1. The van der Waals surface area contributed by atoms with Gasteiger partial charge in [-0.1, -0.05) is 17.7 Å². The van der Waals surface area contributed by atoms with E-state index in [1.807, 2.05) is 26.0 Å². The normalized spacial score (nSPS) is 10.4. The molecule has 0 saturated heterocycles. The predicted octanol–water partition coefficient (Wildman–Crippen LogP) is 2.05. The standard InChI is InChI=1S/C12H14N4/c1-7-4-5-8(2)10(6-7)11-12(13)14-9(3)15-16-11/h4-6H,1-3H3,(H2,13,14,15). The summed E-state index contributed by atoms with van der Waals surface area (Å²) in [5.74, 6) is 1.02. The zero-order valence-corrected chi connectivity index (χ0v) is 9.65. The van der Waals surface area contributed by atoms with Crippen molar-refractivity contribution in [3.8, 4) is 11.3 Å². The fourth-order valence-corrected chi connectivity index (χ4v) is 1.61. The van der Waals surface area contributed by atoms with Crippen LogP contribution in [0.3, 0.4) is 0 Å².